The van der Waals surface area contributed by atoms with Gasteiger partial charge in [-0.1, -0.05) is 24.0 Å². The second-order valence-corrected chi connectivity index (χ2v) is 6.78. The standard InChI is InChI=1S/C24H23NO3/c1-2-27-22-13-11-20(12-14-22)21-15-23(28-24(26)16-21)6-4-3-5-18-7-9-19(17-25)10-8-18/h7-14,21,23H,2,4,6,15-16H2,1H3. The van der Waals surface area contributed by atoms with E-state index in [1.54, 1.807) is 12.1 Å². The van der Waals surface area contributed by atoms with Gasteiger partial charge in [0.25, 0.3) is 0 Å². The van der Waals surface area contributed by atoms with Gasteiger partial charge in [0.1, 0.15) is 11.9 Å². The number of hydrogen-bond donors (Lipinski definition) is 0. The second-order valence-electron chi connectivity index (χ2n) is 6.78. The molecule has 0 N–H and O–H groups in total. The lowest BCUT2D eigenvalue weighted by Gasteiger charge is -2.29. The lowest BCUT2D eigenvalue weighted by molar-refractivity contribution is -0.155. The van der Waals surface area contributed by atoms with Gasteiger partial charge in [0, 0.05) is 12.0 Å². The molecule has 4 nitrogen and oxygen atoms in total. The Labute approximate surface area is 166 Å². The first-order chi connectivity index (χ1) is 13.7. The molecule has 0 spiro atoms. The third-order valence-electron chi connectivity index (χ3n) is 4.76. The number of ether oxygens (including phenoxy) is 2. The fourth-order valence-electron chi connectivity index (χ4n) is 3.34. The Balaban J connectivity index is 1.55. The average molecular weight is 373 g/mol. The molecular formula is C24H23NO3. The van der Waals surface area contributed by atoms with Gasteiger partial charge in [-0.2, -0.15) is 5.26 Å². The average Bonchev–Trinajstić information content (AvgIpc) is 2.72. The number of nitriles is 1. The fourth-order valence-corrected chi connectivity index (χ4v) is 3.34. The summed E-state index contributed by atoms with van der Waals surface area (Å²) >= 11 is 0. The minimum Gasteiger partial charge on any atom is -0.494 e. The van der Waals surface area contributed by atoms with E-state index in [1.165, 1.54) is 0 Å². The van der Waals surface area contributed by atoms with Crippen LogP contribution in [0.5, 0.6) is 5.75 Å². The summed E-state index contributed by atoms with van der Waals surface area (Å²) in [4.78, 5) is 12.0. The Hall–Kier alpha value is -3.24. The highest BCUT2D eigenvalue weighted by atomic mass is 16.5. The Morgan fingerprint density at radius 3 is 2.50 bits per heavy atom. The van der Waals surface area contributed by atoms with Gasteiger partial charge >= 0.3 is 5.97 Å². The summed E-state index contributed by atoms with van der Waals surface area (Å²) in [5.74, 6) is 7.11. The second kappa shape index (κ2) is 9.62. The van der Waals surface area contributed by atoms with Crippen LogP contribution in [0.2, 0.25) is 0 Å². The Morgan fingerprint density at radius 1 is 1.11 bits per heavy atom. The van der Waals surface area contributed by atoms with E-state index in [0.717, 1.165) is 29.7 Å². The topological polar surface area (TPSA) is 59.3 Å². The van der Waals surface area contributed by atoms with Crippen molar-refractivity contribution in [3.63, 3.8) is 0 Å². The molecule has 2 atom stereocenters. The molecule has 142 valence electrons. The van der Waals surface area contributed by atoms with E-state index in [-0.39, 0.29) is 18.0 Å². The summed E-state index contributed by atoms with van der Waals surface area (Å²) in [6.07, 6.45) is 2.52. The first-order valence-electron chi connectivity index (χ1n) is 9.59. The largest absolute Gasteiger partial charge is 0.494 e. The van der Waals surface area contributed by atoms with E-state index in [9.17, 15) is 4.79 Å². The summed E-state index contributed by atoms with van der Waals surface area (Å²) in [5.41, 5.74) is 2.65. The molecule has 1 fully saturated rings. The summed E-state index contributed by atoms with van der Waals surface area (Å²) < 4.78 is 11.0. The smallest absolute Gasteiger partial charge is 0.306 e. The van der Waals surface area contributed by atoms with Gasteiger partial charge in [0.2, 0.25) is 0 Å². The highest BCUT2D eigenvalue weighted by molar-refractivity contribution is 5.71. The molecule has 0 aliphatic carbocycles. The first kappa shape index (κ1) is 19.5. The van der Waals surface area contributed by atoms with Crippen LogP contribution in [0.15, 0.2) is 48.5 Å². The maximum Gasteiger partial charge on any atom is 0.306 e. The zero-order valence-electron chi connectivity index (χ0n) is 16.0. The predicted molar refractivity (Wildman–Crippen MR) is 107 cm³/mol. The van der Waals surface area contributed by atoms with Crippen LogP contribution < -0.4 is 4.74 Å². The van der Waals surface area contributed by atoms with E-state index in [1.807, 2.05) is 43.3 Å². The SMILES string of the molecule is CCOc1ccc(C2CC(=O)OC(CCC#Cc3ccc(C#N)cc3)C2)cc1. The molecule has 28 heavy (non-hydrogen) atoms. The molecule has 1 saturated heterocycles. The number of carbonyl (C=O) groups excluding carboxylic acids is 1. The Morgan fingerprint density at radius 2 is 1.82 bits per heavy atom. The molecular weight excluding hydrogens is 350 g/mol. The normalized spacial score (nSPS) is 18.4. The van der Waals surface area contributed by atoms with Gasteiger partial charge in [-0.3, -0.25) is 4.79 Å². The number of esters is 1. The van der Waals surface area contributed by atoms with Gasteiger partial charge in [-0.05, 0) is 67.6 Å². The highest BCUT2D eigenvalue weighted by Crippen LogP contribution is 2.33. The number of rotatable bonds is 5. The molecule has 1 heterocycles. The van der Waals surface area contributed by atoms with Gasteiger partial charge in [0.05, 0.1) is 24.7 Å². The highest BCUT2D eigenvalue weighted by Gasteiger charge is 2.29. The zero-order chi connectivity index (χ0) is 19.8. The van der Waals surface area contributed by atoms with Crippen molar-refractivity contribution in [3.05, 3.63) is 65.2 Å². The number of cyclic esters (lactones) is 1. The number of benzene rings is 2. The minimum absolute atomic E-state index is 0.104. The number of carbonyl (C=O) groups is 1. The van der Waals surface area contributed by atoms with Crippen molar-refractivity contribution in [2.75, 3.05) is 6.61 Å². The van der Waals surface area contributed by atoms with Crippen molar-refractivity contribution < 1.29 is 14.3 Å². The van der Waals surface area contributed by atoms with Crippen molar-refractivity contribution >= 4 is 5.97 Å². The predicted octanol–water partition coefficient (Wildman–Crippen LogP) is 4.58. The van der Waals surface area contributed by atoms with E-state index in [0.29, 0.717) is 25.0 Å². The molecule has 0 saturated carbocycles. The van der Waals surface area contributed by atoms with E-state index < -0.39 is 0 Å². The van der Waals surface area contributed by atoms with Crippen LogP contribution in [0.25, 0.3) is 0 Å². The van der Waals surface area contributed by atoms with Gasteiger partial charge < -0.3 is 9.47 Å². The molecule has 0 aromatic heterocycles. The number of nitrogens with zero attached hydrogens (tertiary/aromatic N) is 1. The van der Waals surface area contributed by atoms with Gasteiger partial charge in [0.15, 0.2) is 0 Å². The molecule has 2 unspecified atom stereocenters. The van der Waals surface area contributed by atoms with Crippen LogP contribution in [0.3, 0.4) is 0 Å². The monoisotopic (exact) mass is 373 g/mol. The van der Waals surface area contributed by atoms with Crippen molar-refractivity contribution in [1.82, 2.24) is 0 Å². The van der Waals surface area contributed by atoms with Crippen LogP contribution in [0.4, 0.5) is 0 Å². The molecule has 2 aromatic rings. The zero-order valence-corrected chi connectivity index (χ0v) is 16.0. The molecule has 0 radical (unpaired) electrons. The van der Waals surface area contributed by atoms with Gasteiger partial charge in [-0.25, -0.2) is 0 Å². The van der Waals surface area contributed by atoms with E-state index in [4.69, 9.17) is 14.7 Å². The van der Waals surface area contributed by atoms with Crippen molar-refractivity contribution in [1.29, 1.82) is 5.26 Å². The molecule has 0 bridgehead atoms. The van der Waals surface area contributed by atoms with Gasteiger partial charge in [-0.15, -0.1) is 0 Å². The van der Waals surface area contributed by atoms with Crippen LogP contribution in [0.1, 0.15) is 55.2 Å². The quantitative estimate of drug-likeness (QED) is 0.569. The Kier molecular flexibility index (Phi) is 6.71. The Bertz CT molecular complexity index is 898. The molecule has 0 amide bonds. The van der Waals surface area contributed by atoms with Crippen molar-refractivity contribution in [2.45, 2.75) is 44.6 Å². The molecule has 1 aliphatic rings. The van der Waals surface area contributed by atoms with Crippen LogP contribution in [0, 0.1) is 23.2 Å². The van der Waals surface area contributed by atoms with Crippen LogP contribution >= 0.6 is 0 Å². The van der Waals surface area contributed by atoms with Crippen molar-refractivity contribution in [3.8, 4) is 23.7 Å². The lowest BCUT2D eigenvalue weighted by Crippen LogP contribution is -2.28. The molecule has 3 rings (SSSR count). The fraction of sp³-hybridized carbons (Fsp3) is 0.333. The maximum absolute atomic E-state index is 12.0. The van der Waals surface area contributed by atoms with Crippen LogP contribution in [-0.2, 0) is 9.53 Å². The van der Waals surface area contributed by atoms with Crippen LogP contribution in [-0.4, -0.2) is 18.7 Å². The van der Waals surface area contributed by atoms with E-state index >= 15 is 0 Å². The minimum atomic E-state index is -0.143. The molecule has 2 aromatic carbocycles. The summed E-state index contributed by atoms with van der Waals surface area (Å²) in [5, 5.41) is 8.82. The summed E-state index contributed by atoms with van der Waals surface area (Å²) in [6, 6.07) is 17.3. The maximum atomic E-state index is 12.0. The summed E-state index contributed by atoms with van der Waals surface area (Å²) in [7, 11) is 0. The van der Waals surface area contributed by atoms with E-state index in [2.05, 4.69) is 17.9 Å². The molecule has 4 heteroatoms. The first-order valence-corrected chi connectivity index (χ1v) is 9.59. The lowest BCUT2D eigenvalue weighted by atomic mass is 9.87. The summed E-state index contributed by atoms with van der Waals surface area (Å²) in [6.45, 7) is 2.60. The molecule has 1 aliphatic heterocycles. The number of hydrogen-bond acceptors (Lipinski definition) is 4. The third kappa shape index (κ3) is 5.38. The van der Waals surface area contributed by atoms with Crippen molar-refractivity contribution in [2.24, 2.45) is 0 Å². The third-order valence-corrected chi connectivity index (χ3v) is 4.76.